The van der Waals surface area contributed by atoms with Crippen LogP contribution in [0.2, 0.25) is 0 Å². The molecule has 9 nitrogen and oxygen atoms in total. The SMILES string of the molecule is Cn1c(O)cc(-c2cn([C@@H]3O[C@H](COCc4ccccc4)[C@@H](OCc4ccccc4)[C@H](OCc4ccccc4)[C@H]3OCc3ccccc3)c3ccccc23)c1O. The minimum Gasteiger partial charge on any atom is -0.494 e. The van der Waals surface area contributed by atoms with Gasteiger partial charge in [-0.2, -0.15) is 0 Å². The number of rotatable bonds is 15. The molecule has 3 heterocycles. The second-order valence-electron chi connectivity index (χ2n) is 14.1. The van der Waals surface area contributed by atoms with E-state index in [1.807, 2.05) is 152 Å². The first-order chi connectivity index (χ1) is 27.5. The number of aromatic hydroxyl groups is 2. The summed E-state index contributed by atoms with van der Waals surface area (Å²) in [6, 6.07) is 49.8. The van der Waals surface area contributed by atoms with E-state index in [1.54, 1.807) is 13.1 Å². The van der Waals surface area contributed by atoms with E-state index >= 15 is 0 Å². The van der Waals surface area contributed by atoms with Gasteiger partial charge in [0.25, 0.3) is 0 Å². The Morgan fingerprint density at radius 1 is 0.554 bits per heavy atom. The Hall–Kier alpha value is -5.68. The Labute approximate surface area is 326 Å². The van der Waals surface area contributed by atoms with E-state index in [4.69, 9.17) is 23.7 Å². The van der Waals surface area contributed by atoms with Gasteiger partial charge in [0, 0.05) is 35.8 Å². The van der Waals surface area contributed by atoms with Gasteiger partial charge in [0.15, 0.2) is 12.1 Å². The lowest BCUT2D eigenvalue weighted by atomic mass is 9.96. The van der Waals surface area contributed by atoms with Gasteiger partial charge < -0.3 is 38.5 Å². The number of benzene rings is 5. The van der Waals surface area contributed by atoms with Crippen molar-refractivity contribution >= 4 is 10.9 Å². The zero-order valence-electron chi connectivity index (χ0n) is 31.3. The van der Waals surface area contributed by atoms with E-state index in [0.29, 0.717) is 32.0 Å². The summed E-state index contributed by atoms with van der Waals surface area (Å²) in [5.74, 6) is -0.0896. The van der Waals surface area contributed by atoms with Gasteiger partial charge >= 0.3 is 0 Å². The molecule has 0 amide bonds. The fraction of sp³-hybridized carbons (Fsp3) is 0.234. The fourth-order valence-electron chi connectivity index (χ4n) is 7.40. The first-order valence-corrected chi connectivity index (χ1v) is 18.9. The number of nitrogens with zero attached hydrogens (tertiary/aromatic N) is 2. The largest absolute Gasteiger partial charge is 0.494 e. The van der Waals surface area contributed by atoms with E-state index in [9.17, 15) is 10.2 Å². The second kappa shape index (κ2) is 17.4. The molecule has 1 fully saturated rings. The van der Waals surface area contributed by atoms with Crippen molar-refractivity contribution in [2.75, 3.05) is 6.61 Å². The molecule has 1 saturated heterocycles. The standard InChI is InChI=1S/C47H46N2O7/c1-48-42(50)26-38(46(48)51)39-27-49(40-25-15-14-24-37(39)40)47-45(55-31-36-22-12-5-13-23-36)44(54-30-35-20-10-4-11-21-35)43(53-29-34-18-8-3-9-19-34)41(56-47)32-52-28-33-16-6-2-7-17-33/h2-27,41,43-45,47,50-51H,28-32H2,1H3/t41-,43-,44+,45-,47-/m1/s1. The molecule has 9 heteroatoms. The van der Waals surface area contributed by atoms with Crippen molar-refractivity contribution in [3.63, 3.8) is 0 Å². The maximum absolute atomic E-state index is 11.1. The van der Waals surface area contributed by atoms with E-state index in [1.165, 1.54) is 4.57 Å². The molecule has 0 saturated carbocycles. The zero-order chi connectivity index (χ0) is 38.3. The average Bonchev–Trinajstić information content (AvgIpc) is 3.75. The van der Waals surface area contributed by atoms with Crippen molar-refractivity contribution in [2.45, 2.75) is 57.1 Å². The Kier molecular flexibility index (Phi) is 11.6. The topological polar surface area (TPSA) is 96.5 Å². The van der Waals surface area contributed by atoms with Gasteiger partial charge in [-0.3, -0.25) is 4.57 Å². The summed E-state index contributed by atoms with van der Waals surface area (Å²) in [4.78, 5) is 0. The summed E-state index contributed by atoms with van der Waals surface area (Å²) in [6.45, 7) is 1.57. The summed E-state index contributed by atoms with van der Waals surface area (Å²) in [5, 5.41) is 22.6. The molecule has 0 unspecified atom stereocenters. The molecule has 5 aromatic carbocycles. The van der Waals surface area contributed by atoms with Gasteiger partial charge in [-0.15, -0.1) is 0 Å². The number of hydrogen-bond donors (Lipinski definition) is 2. The molecule has 0 spiro atoms. The van der Waals surface area contributed by atoms with Crippen LogP contribution in [0.15, 0.2) is 158 Å². The first kappa shape index (κ1) is 37.3. The van der Waals surface area contributed by atoms with Crippen LogP contribution in [0.4, 0.5) is 0 Å². The van der Waals surface area contributed by atoms with Gasteiger partial charge in [0.1, 0.15) is 24.4 Å². The normalized spacial score (nSPS) is 19.7. The van der Waals surface area contributed by atoms with Gasteiger partial charge in [-0.05, 0) is 28.3 Å². The van der Waals surface area contributed by atoms with Crippen LogP contribution < -0.4 is 0 Å². The summed E-state index contributed by atoms with van der Waals surface area (Å²) in [5.41, 5.74) is 6.19. The van der Waals surface area contributed by atoms with Crippen molar-refractivity contribution in [3.05, 3.63) is 180 Å². The number of para-hydroxylation sites is 1. The lowest BCUT2D eigenvalue weighted by Crippen LogP contribution is -2.59. The van der Waals surface area contributed by atoms with Crippen LogP contribution in [0.25, 0.3) is 22.0 Å². The van der Waals surface area contributed by atoms with Gasteiger partial charge in [-0.25, -0.2) is 0 Å². The third kappa shape index (κ3) is 8.28. The highest BCUT2D eigenvalue weighted by atomic mass is 16.6. The lowest BCUT2D eigenvalue weighted by Gasteiger charge is -2.46. The van der Waals surface area contributed by atoms with Crippen LogP contribution in [0.3, 0.4) is 0 Å². The molecule has 0 aliphatic carbocycles. The van der Waals surface area contributed by atoms with Crippen LogP contribution in [-0.4, -0.2) is 50.4 Å². The summed E-state index contributed by atoms with van der Waals surface area (Å²) < 4.78 is 37.8. The predicted octanol–water partition coefficient (Wildman–Crippen LogP) is 8.93. The van der Waals surface area contributed by atoms with Gasteiger partial charge in [0.05, 0.1) is 38.6 Å². The monoisotopic (exact) mass is 750 g/mol. The van der Waals surface area contributed by atoms with Gasteiger partial charge in [0.2, 0.25) is 5.88 Å². The second-order valence-corrected chi connectivity index (χ2v) is 14.1. The highest BCUT2D eigenvalue weighted by molar-refractivity contribution is 5.97. The average molecular weight is 751 g/mol. The first-order valence-electron chi connectivity index (χ1n) is 18.9. The molecule has 286 valence electrons. The molecule has 1 aliphatic rings. The Morgan fingerprint density at radius 2 is 1.04 bits per heavy atom. The number of fused-ring (bicyclic) bond motifs is 1. The van der Waals surface area contributed by atoms with E-state index in [2.05, 4.69) is 4.57 Å². The van der Waals surface area contributed by atoms with Gasteiger partial charge in [-0.1, -0.05) is 140 Å². The van der Waals surface area contributed by atoms with Crippen molar-refractivity contribution in [2.24, 2.45) is 7.05 Å². The Balaban J connectivity index is 1.23. The third-order valence-electron chi connectivity index (χ3n) is 10.3. The highest BCUT2D eigenvalue weighted by Gasteiger charge is 2.49. The van der Waals surface area contributed by atoms with Crippen LogP contribution >= 0.6 is 0 Å². The lowest BCUT2D eigenvalue weighted by molar-refractivity contribution is -0.289. The quantitative estimate of drug-likeness (QED) is 0.108. The van der Waals surface area contributed by atoms with E-state index < -0.39 is 30.6 Å². The summed E-state index contributed by atoms with van der Waals surface area (Å²) >= 11 is 0. The summed E-state index contributed by atoms with van der Waals surface area (Å²) in [6.07, 6.45) is -1.23. The number of hydrogen-bond acceptors (Lipinski definition) is 7. The molecule has 2 aromatic heterocycles. The smallest absolute Gasteiger partial charge is 0.201 e. The molecule has 7 aromatic rings. The summed E-state index contributed by atoms with van der Waals surface area (Å²) in [7, 11) is 1.62. The molecule has 56 heavy (non-hydrogen) atoms. The van der Waals surface area contributed by atoms with Crippen LogP contribution in [0.1, 0.15) is 28.5 Å². The Morgan fingerprint density at radius 3 is 1.57 bits per heavy atom. The molecular formula is C47H46N2O7. The van der Waals surface area contributed by atoms with Crippen LogP contribution in [0.5, 0.6) is 11.8 Å². The number of aromatic nitrogens is 2. The van der Waals surface area contributed by atoms with Crippen LogP contribution in [0, 0.1) is 0 Å². The zero-order valence-corrected chi connectivity index (χ0v) is 31.3. The van der Waals surface area contributed by atoms with Crippen molar-refractivity contribution in [1.29, 1.82) is 0 Å². The van der Waals surface area contributed by atoms with E-state index in [0.717, 1.165) is 38.7 Å². The maximum atomic E-state index is 11.1. The fourth-order valence-corrected chi connectivity index (χ4v) is 7.40. The van der Waals surface area contributed by atoms with Crippen molar-refractivity contribution < 1.29 is 33.9 Å². The third-order valence-corrected chi connectivity index (χ3v) is 10.3. The molecule has 1 aliphatic heterocycles. The molecule has 0 bridgehead atoms. The minimum atomic E-state index is -0.723. The number of ether oxygens (including phenoxy) is 5. The van der Waals surface area contributed by atoms with E-state index in [-0.39, 0.29) is 18.4 Å². The minimum absolute atomic E-state index is 0.0440. The molecular weight excluding hydrogens is 705 g/mol. The Bertz CT molecular complexity index is 2290. The highest BCUT2D eigenvalue weighted by Crippen LogP contribution is 2.43. The predicted molar refractivity (Wildman–Crippen MR) is 215 cm³/mol. The molecule has 8 rings (SSSR count). The maximum Gasteiger partial charge on any atom is 0.201 e. The molecule has 5 atom stereocenters. The molecule has 0 radical (unpaired) electrons. The molecule has 2 N–H and O–H groups in total. The van der Waals surface area contributed by atoms with Crippen molar-refractivity contribution in [3.8, 4) is 22.9 Å². The van der Waals surface area contributed by atoms with Crippen LogP contribution in [-0.2, 0) is 57.2 Å². The van der Waals surface area contributed by atoms with Crippen molar-refractivity contribution in [1.82, 2.24) is 9.13 Å².